The van der Waals surface area contributed by atoms with Crippen LogP contribution in [0.15, 0.2) is 36.4 Å². The number of amides is 1. The SMILES string of the molecule is CCOc1ccc(CC(=O)CCCCC(=O)O)cc1C(=O)Nc1ccc(Cl)c(C(F)(F)F)c1. The molecule has 0 radical (unpaired) electrons. The Bertz CT molecular complexity index is 1020. The average Bonchev–Trinajstić information content (AvgIpc) is 2.73. The first-order chi connectivity index (χ1) is 15.5. The molecule has 0 unspecified atom stereocenters. The Kier molecular flexibility index (Phi) is 9.28. The minimum Gasteiger partial charge on any atom is -0.493 e. The zero-order valence-corrected chi connectivity index (χ0v) is 18.6. The first-order valence-corrected chi connectivity index (χ1v) is 10.6. The van der Waals surface area contributed by atoms with Gasteiger partial charge in [0.2, 0.25) is 0 Å². The Morgan fingerprint density at radius 3 is 2.39 bits per heavy atom. The first kappa shape index (κ1) is 26.2. The molecule has 33 heavy (non-hydrogen) atoms. The molecular formula is C23H23ClF3NO5. The number of hydrogen-bond donors (Lipinski definition) is 2. The van der Waals surface area contributed by atoms with Crippen molar-refractivity contribution >= 4 is 34.9 Å². The summed E-state index contributed by atoms with van der Waals surface area (Å²) in [6, 6.07) is 7.64. The lowest BCUT2D eigenvalue weighted by molar-refractivity contribution is -0.138. The van der Waals surface area contributed by atoms with Crippen LogP contribution in [0, 0.1) is 0 Å². The van der Waals surface area contributed by atoms with Gasteiger partial charge in [-0.3, -0.25) is 14.4 Å². The largest absolute Gasteiger partial charge is 0.493 e. The highest BCUT2D eigenvalue weighted by Crippen LogP contribution is 2.36. The second kappa shape index (κ2) is 11.7. The van der Waals surface area contributed by atoms with E-state index in [1.807, 2.05) is 0 Å². The number of carbonyl (C=O) groups excluding carboxylic acids is 2. The number of unbranched alkanes of at least 4 members (excludes halogenated alkanes) is 1. The number of alkyl halides is 3. The molecule has 0 heterocycles. The summed E-state index contributed by atoms with van der Waals surface area (Å²) in [7, 11) is 0. The molecule has 0 aliphatic rings. The van der Waals surface area contributed by atoms with Gasteiger partial charge >= 0.3 is 12.1 Å². The third kappa shape index (κ3) is 8.09. The van der Waals surface area contributed by atoms with Crippen molar-refractivity contribution in [3.05, 3.63) is 58.1 Å². The van der Waals surface area contributed by atoms with E-state index < -0.39 is 28.6 Å². The van der Waals surface area contributed by atoms with Gasteiger partial charge in [-0.1, -0.05) is 17.7 Å². The summed E-state index contributed by atoms with van der Waals surface area (Å²) >= 11 is 5.62. The number of carbonyl (C=O) groups is 3. The molecule has 0 fully saturated rings. The fraction of sp³-hybridized carbons (Fsp3) is 0.348. The van der Waals surface area contributed by atoms with Crippen LogP contribution >= 0.6 is 11.6 Å². The Hall–Kier alpha value is -3.07. The van der Waals surface area contributed by atoms with Gasteiger partial charge in [0.15, 0.2) is 0 Å². The van der Waals surface area contributed by atoms with Crippen molar-refractivity contribution in [2.45, 2.75) is 45.2 Å². The minimum absolute atomic E-state index is 0.0125. The predicted molar refractivity (Wildman–Crippen MR) is 117 cm³/mol. The van der Waals surface area contributed by atoms with Crippen LogP contribution in [0.4, 0.5) is 18.9 Å². The molecule has 1 amide bonds. The molecule has 0 aliphatic carbocycles. The third-order valence-corrected chi connectivity index (χ3v) is 4.95. The number of rotatable bonds is 11. The Labute approximate surface area is 193 Å². The normalized spacial score (nSPS) is 11.2. The van der Waals surface area contributed by atoms with E-state index in [0.717, 1.165) is 12.1 Å². The van der Waals surface area contributed by atoms with Gasteiger partial charge in [-0.05, 0) is 55.7 Å². The number of anilines is 1. The monoisotopic (exact) mass is 485 g/mol. The Balaban J connectivity index is 2.18. The summed E-state index contributed by atoms with van der Waals surface area (Å²) in [6.07, 6.45) is -3.64. The van der Waals surface area contributed by atoms with Crippen LogP contribution in [0.3, 0.4) is 0 Å². The average molecular weight is 486 g/mol. The molecule has 0 bridgehead atoms. The van der Waals surface area contributed by atoms with Crippen LogP contribution < -0.4 is 10.1 Å². The minimum atomic E-state index is -4.68. The van der Waals surface area contributed by atoms with E-state index in [9.17, 15) is 27.6 Å². The summed E-state index contributed by atoms with van der Waals surface area (Å²) in [5, 5.41) is 10.6. The molecule has 0 saturated heterocycles. The van der Waals surface area contributed by atoms with E-state index in [-0.39, 0.29) is 48.7 Å². The maximum atomic E-state index is 13.1. The number of carboxylic acid groups (broad SMARTS) is 1. The molecule has 0 atom stereocenters. The van der Waals surface area contributed by atoms with Gasteiger partial charge in [0.05, 0.1) is 22.8 Å². The lowest BCUT2D eigenvalue weighted by Gasteiger charge is -2.14. The number of carboxylic acids is 1. The van der Waals surface area contributed by atoms with Crippen molar-refractivity contribution in [1.29, 1.82) is 0 Å². The van der Waals surface area contributed by atoms with E-state index in [1.165, 1.54) is 18.2 Å². The van der Waals surface area contributed by atoms with Crippen molar-refractivity contribution in [3.8, 4) is 5.75 Å². The highest BCUT2D eigenvalue weighted by atomic mass is 35.5. The zero-order valence-electron chi connectivity index (χ0n) is 17.8. The number of aliphatic carboxylic acids is 1. The van der Waals surface area contributed by atoms with Gasteiger partial charge in [0.25, 0.3) is 5.91 Å². The molecule has 10 heteroatoms. The molecule has 0 saturated carbocycles. The number of halogens is 4. The van der Waals surface area contributed by atoms with Crippen molar-refractivity contribution in [1.82, 2.24) is 0 Å². The number of ether oxygens (including phenoxy) is 1. The molecule has 2 aromatic carbocycles. The Morgan fingerprint density at radius 2 is 1.76 bits per heavy atom. The van der Waals surface area contributed by atoms with E-state index in [4.69, 9.17) is 21.4 Å². The summed E-state index contributed by atoms with van der Waals surface area (Å²) in [5.74, 6) is -1.53. The molecular weight excluding hydrogens is 463 g/mol. The molecule has 2 N–H and O–H groups in total. The van der Waals surface area contributed by atoms with E-state index in [2.05, 4.69) is 5.32 Å². The van der Waals surface area contributed by atoms with Crippen molar-refractivity contribution < 1.29 is 37.4 Å². The van der Waals surface area contributed by atoms with Crippen LogP contribution in [-0.4, -0.2) is 29.4 Å². The molecule has 2 rings (SSSR count). The third-order valence-electron chi connectivity index (χ3n) is 4.62. The molecule has 6 nitrogen and oxygen atoms in total. The van der Waals surface area contributed by atoms with Crippen LogP contribution in [0.2, 0.25) is 5.02 Å². The van der Waals surface area contributed by atoms with Crippen LogP contribution in [-0.2, 0) is 22.2 Å². The number of hydrogen-bond acceptors (Lipinski definition) is 4. The van der Waals surface area contributed by atoms with Gasteiger partial charge in [-0.15, -0.1) is 0 Å². The van der Waals surface area contributed by atoms with Gasteiger partial charge in [0, 0.05) is 24.9 Å². The number of nitrogens with one attached hydrogen (secondary N) is 1. The zero-order chi connectivity index (χ0) is 24.6. The fourth-order valence-corrected chi connectivity index (χ4v) is 3.30. The fourth-order valence-electron chi connectivity index (χ4n) is 3.08. The van der Waals surface area contributed by atoms with Crippen LogP contribution in [0.25, 0.3) is 0 Å². The van der Waals surface area contributed by atoms with Gasteiger partial charge < -0.3 is 15.2 Å². The predicted octanol–water partition coefficient (Wildman–Crippen LogP) is 5.77. The highest BCUT2D eigenvalue weighted by molar-refractivity contribution is 6.31. The van der Waals surface area contributed by atoms with E-state index >= 15 is 0 Å². The summed E-state index contributed by atoms with van der Waals surface area (Å²) in [4.78, 5) is 35.6. The molecule has 2 aromatic rings. The highest BCUT2D eigenvalue weighted by Gasteiger charge is 2.33. The number of benzene rings is 2. The van der Waals surface area contributed by atoms with Crippen molar-refractivity contribution in [2.24, 2.45) is 0 Å². The maximum absolute atomic E-state index is 13.1. The maximum Gasteiger partial charge on any atom is 0.417 e. The quantitative estimate of drug-likeness (QED) is 0.394. The summed E-state index contributed by atoms with van der Waals surface area (Å²) < 4.78 is 44.8. The van der Waals surface area contributed by atoms with E-state index in [0.29, 0.717) is 18.4 Å². The molecule has 0 spiro atoms. The summed E-state index contributed by atoms with van der Waals surface area (Å²) in [6.45, 7) is 1.96. The lowest BCUT2D eigenvalue weighted by Crippen LogP contribution is -2.16. The van der Waals surface area contributed by atoms with Gasteiger partial charge in [-0.25, -0.2) is 0 Å². The van der Waals surface area contributed by atoms with Crippen LogP contribution in [0.5, 0.6) is 5.75 Å². The van der Waals surface area contributed by atoms with Crippen molar-refractivity contribution in [2.75, 3.05) is 11.9 Å². The number of Topliss-reactive ketones (excluding diaryl/α,β-unsaturated/α-hetero) is 1. The van der Waals surface area contributed by atoms with E-state index in [1.54, 1.807) is 13.0 Å². The smallest absolute Gasteiger partial charge is 0.417 e. The molecule has 0 aliphatic heterocycles. The second-order valence-corrected chi connectivity index (χ2v) is 7.63. The Morgan fingerprint density at radius 1 is 1.06 bits per heavy atom. The summed E-state index contributed by atoms with van der Waals surface area (Å²) in [5.41, 5.74) is -0.580. The molecule has 178 valence electrons. The van der Waals surface area contributed by atoms with Crippen LogP contribution in [0.1, 0.15) is 54.1 Å². The van der Waals surface area contributed by atoms with Crippen molar-refractivity contribution in [3.63, 3.8) is 0 Å². The van der Waals surface area contributed by atoms with Gasteiger partial charge in [-0.2, -0.15) is 13.2 Å². The second-order valence-electron chi connectivity index (χ2n) is 7.23. The first-order valence-electron chi connectivity index (χ1n) is 10.2. The molecule has 0 aromatic heterocycles. The van der Waals surface area contributed by atoms with Gasteiger partial charge in [0.1, 0.15) is 11.5 Å². The topological polar surface area (TPSA) is 92.7 Å². The standard InChI is InChI=1S/C23H23ClF3NO5/c1-2-33-20-10-7-14(11-16(29)5-3-4-6-21(30)31)12-17(20)22(32)28-15-8-9-19(24)18(13-15)23(25,26)27/h7-10,12-13H,2-6,11H2,1H3,(H,28,32)(H,30,31). The lowest BCUT2D eigenvalue weighted by atomic mass is 10.0. The number of ketones is 1.